The molecule has 4 nitrogen and oxygen atoms in total. The van der Waals surface area contributed by atoms with Crippen LogP contribution >= 0.6 is 0 Å². The smallest absolute Gasteiger partial charge is 0.225 e. The highest BCUT2D eigenvalue weighted by molar-refractivity contribution is 5.99. The second-order valence-electron chi connectivity index (χ2n) is 7.33. The summed E-state index contributed by atoms with van der Waals surface area (Å²) < 4.78 is 0. The average molecular weight is 335 g/mol. The fourth-order valence-corrected chi connectivity index (χ4v) is 4.13. The maximum absolute atomic E-state index is 12.1. The summed E-state index contributed by atoms with van der Waals surface area (Å²) in [6.45, 7) is 3.96. The van der Waals surface area contributed by atoms with E-state index >= 15 is 0 Å². The van der Waals surface area contributed by atoms with Crippen LogP contribution in [0.3, 0.4) is 0 Å². The molecule has 0 unspecified atom stereocenters. The third kappa shape index (κ3) is 3.44. The molecule has 1 aromatic heterocycles. The van der Waals surface area contributed by atoms with E-state index in [4.69, 9.17) is 4.98 Å². The molecule has 25 heavy (non-hydrogen) atoms. The van der Waals surface area contributed by atoms with Gasteiger partial charge in [-0.1, -0.05) is 30.3 Å². The first-order valence-electron chi connectivity index (χ1n) is 9.40. The Labute approximate surface area is 149 Å². The number of Topliss-reactive ketones (excluding diaryl/α,β-unsaturated/α-hetero) is 1. The third-order valence-electron chi connectivity index (χ3n) is 5.51. The van der Waals surface area contributed by atoms with Crippen LogP contribution in [0.15, 0.2) is 30.3 Å². The van der Waals surface area contributed by atoms with Crippen molar-refractivity contribution in [3.8, 4) is 0 Å². The van der Waals surface area contributed by atoms with Crippen molar-refractivity contribution in [1.82, 2.24) is 9.97 Å². The van der Waals surface area contributed by atoms with Gasteiger partial charge in [-0.05, 0) is 50.5 Å². The van der Waals surface area contributed by atoms with Crippen LogP contribution in [0.4, 0.5) is 5.95 Å². The van der Waals surface area contributed by atoms with E-state index in [0.29, 0.717) is 6.42 Å². The van der Waals surface area contributed by atoms with E-state index in [0.717, 1.165) is 61.2 Å². The van der Waals surface area contributed by atoms with Gasteiger partial charge in [0.05, 0.1) is 17.0 Å². The molecule has 0 radical (unpaired) electrons. The lowest BCUT2D eigenvalue weighted by Crippen LogP contribution is -2.36. The van der Waals surface area contributed by atoms with E-state index < -0.39 is 0 Å². The Bertz CT molecular complexity index is 764. The molecule has 0 spiro atoms. The number of rotatable bonds is 3. The third-order valence-corrected chi connectivity index (χ3v) is 5.51. The van der Waals surface area contributed by atoms with Gasteiger partial charge in [-0.2, -0.15) is 0 Å². The lowest BCUT2D eigenvalue weighted by molar-refractivity contribution is 0.0970. The molecule has 2 aromatic rings. The number of hydrogen-bond donors (Lipinski definition) is 0. The molecule has 4 rings (SSSR count). The zero-order valence-electron chi connectivity index (χ0n) is 14.9. The van der Waals surface area contributed by atoms with Crippen molar-refractivity contribution in [3.05, 3.63) is 52.8 Å². The zero-order valence-corrected chi connectivity index (χ0v) is 14.9. The first kappa shape index (κ1) is 16.2. The normalized spacial score (nSPS) is 18.3. The Morgan fingerprint density at radius 3 is 2.60 bits per heavy atom. The predicted octanol–water partition coefficient (Wildman–Crippen LogP) is 3.76. The number of hydrogen-bond acceptors (Lipinski definition) is 4. The number of anilines is 1. The quantitative estimate of drug-likeness (QED) is 0.857. The van der Waals surface area contributed by atoms with Crippen LogP contribution in [0, 0.1) is 12.8 Å². The summed E-state index contributed by atoms with van der Waals surface area (Å²) in [6, 6.07) is 10.8. The van der Waals surface area contributed by atoms with Gasteiger partial charge in [0.1, 0.15) is 0 Å². The number of carbonyl (C=O) groups is 1. The van der Waals surface area contributed by atoms with Gasteiger partial charge >= 0.3 is 0 Å². The molecule has 130 valence electrons. The number of aromatic nitrogens is 2. The second kappa shape index (κ2) is 6.95. The summed E-state index contributed by atoms with van der Waals surface area (Å²) in [5.74, 6) is 1.77. The van der Waals surface area contributed by atoms with E-state index in [1.54, 1.807) is 0 Å². The van der Waals surface area contributed by atoms with Crippen molar-refractivity contribution >= 4 is 11.7 Å². The van der Waals surface area contributed by atoms with Crippen molar-refractivity contribution in [3.63, 3.8) is 0 Å². The second-order valence-corrected chi connectivity index (χ2v) is 7.33. The van der Waals surface area contributed by atoms with Gasteiger partial charge in [0.15, 0.2) is 5.78 Å². The molecule has 0 atom stereocenters. The van der Waals surface area contributed by atoms with Crippen LogP contribution in [0.1, 0.15) is 53.0 Å². The summed E-state index contributed by atoms with van der Waals surface area (Å²) >= 11 is 0. The number of benzene rings is 1. The zero-order chi connectivity index (χ0) is 17.2. The molecule has 0 bridgehead atoms. The maximum atomic E-state index is 12.1. The van der Waals surface area contributed by atoms with E-state index in [1.807, 2.05) is 6.92 Å². The van der Waals surface area contributed by atoms with E-state index in [2.05, 4.69) is 40.2 Å². The van der Waals surface area contributed by atoms with Crippen molar-refractivity contribution in [1.29, 1.82) is 0 Å². The highest BCUT2D eigenvalue weighted by atomic mass is 16.1. The molecule has 1 saturated heterocycles. The molecule has 1 aliphatic heterocycles. The summed E-state index contributed by atoms with van der Waals surface area (Å²) in [5.41, 5.74) is 4.04. The number of ketones is 1. The maximum Gasteiger partial charge on any atom is 0.225 e. The number of carbonyl (C=O) groups excluding carboxylic acids is 1. The number of nitrogens with zero attached hydrogens (tertiary/aromatic N) is 3. The van der Waals surface area contributed by atoms with Gasteiger partial charge in [-0.15, -0.1) is 0 Å². The molecule has 0 saturated carbocycles. The van der Waals surface area contributed by atoms with Crippen LogP contribution in [0.25, 0.3) is 0 Å². The molecule has 2 aliphatic rings. The summed E-state index contributed by atoms with van der Waals surface area (Å²) in [5, 5.41) is 0. The van der Waals surface area contributed by atoms with Crippen LogP contribution < -0.4 is 4.90 Å². The van der Waals surface area contributed by atoms with Gasteiger partial charge in [-0.25, -0.2) is 9.97 Å². The first-order chi connectivity index (χ1) is 12.2. The van der Waals surface area contributed by atoms with Crippen LogP contribution in [0.5, 0.6) is 0 Å². The monoisotopic (exact) mass is 335 g/mol. The number of aryl methyl sites for hydroxylation is 2. The molecule has 4 heteroatoms. The molecular weight excluding hydrogens is 310 g/mol. The Hall–Kier alpha value is -2.23. The van der Waals surface area contributed by atoms with E-state index in [-0.39, 0.29) is 5.78 Å². The SMILES string of the molecule is Cc1nc(N2CCC(Cc3ccccc3)CC2)nc2c1C(=O)CCC2. The minimum Gasteiger partial charge on any atom is -0.341 e. The van der Waals surface area contributed by atoms with Crippen molar-refractivity contribution in [2.45, 2.75) is 45.4 Å². The number of piperidine rings is 1. The number of fused-ring (bicyclic) bond motifs is 1. The van der Waals surface area contributed by atoms with Gasteiger partial charge in [0, 0.05) is 19.5 Å². The minimum atomic E-state index is 0.215. The molecular formula is C21H25N3O. The minimum absolute atomic E-state index is 0.215. The predicted molar refractivity (Wildman–Crippen MR) is 99.1 cm³/mol. The molecule has 1 fully saturated rings. The van der Waals surface area contributed by atoms with Gasteiger partial charge < -0.3 is 4.90 Å². The first-order valence-corrected chi connectivity index (χ1v) is 9.40. The average Bonchev–Trinajstić information content (AvgIpc) is 2.63. The fraction of sp³-hybridized carbons (Fsp3) is 0.476. The lowest BCUT2D eigenvalue weighted by atomic mass is 9.90. The van der Waals surface area contributed by atoms with E-state index in [9.17, 15) is 4.79 Å². The van der Waals surface area contributed by atoms with Crippen molar-refractivity contribution in [2.24, 2.45) is 5.92 Å². The Balaban J connectivity index is 1.44. The largest absolute Gasteiger partial charge is 0.341 e. The molecule has 1 aliphatic carbocycles. The van der Waals surface area contributed by atoms with Crippen LogP contribution in [0.2, 0.25) is 0 Å². The van der Waals surface area contributed by atoms with Gasteiger partial charge in [0.25, 0.3) is 0 Å². The molecule has 0 N–H and O–H groups in total. The van der Waals surface area contributed by atoms with Crippen molar-refractivity contribution < 1.29 is 4.79 Å². The summed E-state index contributed by atoms with van der Waals surface area (Å²) in [6.07, 6.45) is 5.97. The molecule has 0 amide bonds. The van der Waals surface area contributed by atoms with Crippen LogP contribution in [-0.2, 0) is 12.8 Å². The Morgan fingerprint density at radius 2 is 1.84 bits per heavy atom. The molecule has 1 aromatic carbocycles. The van der Waals surface area contributed by atoms with Crippen LogP contribution in [-0.4, -0.2) is 28.8 Å². The highest BCUT2D eigenvalue weighted by Gasteiger charge is 2.26. The van der Waals surface area contributed by atoms with Gasteiger partial charge in [-0.3, -0.25) is 4.79 Å². The van der Waals surface area contributed by atoms with E-state index in [1.165, 1.54) is 18.4 Å². The summed E-state index contributed by atoms with van der Waals surface area (Å²) in [4.78, 5) is 23.8. The standard InChI is InChI=1S/C21H25N3O/c1-15-20-18(8-5-9-19(20)25)23-21(22-15)24-12-10-17(11-13-24)14-16-6-3-2-4-7-16/h2-4,6-7,17H,5,8-14H2,1H3. The highest BCUT2D eigenvalue weighted by Crippen LogP contribution is 2.27. The summed E-state index contributed by atoms with van der Waals surface area (Å²) in [7, 11) is 0. The van der Waals surface area contributed by atoms with Crippen molar-refractivity contribution in [2.75, 3.05) is 18.0 Å². The molecule has 2 heterocycles. The lowest BCUT2D eigenvalue weighted by Gasteiger charge is -2.33. The topological polar surface area (TPSA) is 46.1 Å². The fourth-order valence-electron chi connectivity index (χ4n) is 4.13. The Morgan fingerprint density at radius 1 is 1.08 bits per heavy atom. The van der Waals surface area contributed by atoms with Gasteiger partial charge in [0.2, 0.25) is 5.95 Å². The Kier molecular flexibility index (Phi) is 4.51.